The van der Waals surface area contributed by atoms with Gasteiger partial charge in [-0.25, -0.2) is 4.79 Å². The standard InChI is InChI=1S/C8H14O8/c9-2-4(11)6-5(12)3(10)1-8(15,16-6)7(13)14/h3-6,9-12,15H,1-2H2,(H,13,14)/t3-,4-,5+,6+,8?/m0/s1. The molecule has 0 spiro atoms. The quantitative estimate of drug-likeness (QED) is 0.298. The summed E-state index contributed by atoms with van der Waals surface area (Å²) in [6.07, 6.45) is -7.05. The third kappa shape index (κ3) is 2.32. The fourth-order valence-electron chi connectivity index (χ4n) is 1.51. The van der Waals surface area contributed by atoms with Crippen molar-refractivity contribution in [2.45, 2.75) is 36.6 Å². The van der Waals surface area contributed by atoms with E-state index in [2.05, 4.69) is 4.74 Å². The summed E-state index contributed by atoms with van der Waals surface area (Å²) < 4.78 is 4.61. The molecule has 1 heterocycles. The van der Waals surface area contributed by atoms with Crippen LogP contribution in [-0.2, 0) is 9.53 Å². The molecule has 0 aromatic rings. The maximum atomic E-state index is 10.7. The fraction of sp³-hybridized carbons (Fsp3) is 0.875. The summed E-state index contributed by atoms with van der Waals surface area (Å²) in [5, 5.41) is 54.7. The number of carboxylic acid groups (broad SMARTS) is 1. The predicted octanol–water partition coefficient (Wildman–Crippen LogP) is -3.38. The number of rotatable bonds is 3. The van der Waals surface area contributed by atoms with Crippen LogP contribution in [-0.4, -0.2) is 73.4 Å². The molecule has 0 aliphatic carbocycles. The van der Waals surface area contributed by atoms with Crippen LogP contribution >= 0.6 is 0 Å². The summed E-state index contributed by atoms with van der Waals surface area (Å²) >= 11 is 0. The molecular weight excluding hydrogens is 224 g/mol. The molecule has 1 aliphatic heterocycles. The Morgan fingerprint density at radius 2 is 2.06 bits per heavy atom. The van der Waals surface area contributed by atoms with Crippen molar-refractivity contribution in [2.24, 2.45) is 0 Å². The Labute approximate surface area is 90.3 Å². The molecule has 8 nitrogen and oxygen atoms in total. The number of hydrogen-bond acceptors (Lipinski definition) is 7. The Balaban J connectivity index is 2.89. The van der Waals surface area contributed by atoms with Gasteiger partial charge >= 0.3 is 5.97 Å². The molecule has 6 N–H and O–H groups in total. The van der Waals surface area contributed by atoms with Crippen molar-refractivity contribution in [3.05, 3.63) is 0 Å². The van der Waals surface area contributed by atoms with Crippen molar-refractivity contribution in [2.75, 3.05) is 6.61 Å². The Morgan fingerprint density at radius 1 is 1.50 bits per heavy atom. The lowest BCUT2D eigenvalue weighted by molar-refractivity contribution is -0.308. The highest BCUT2D eigenvalue weighted by Gasteiger charge is 2.52. The van der Waals surface area contributed by atoms with E-state index in [4.69, 9.17) is 10.2 Å². The lowest BCUT2D eigenvalue weighted by Crippen LogP contribution is -2.61. The molecule has 16 heavy (non-hydrogen) atoms. The van der Waals surface area contributed by atoms with Gasteiger partial charge in [-0.05, 0) is 0 Å². The molecule has 1 saturated heterocycles. The topological polar surface area (TPSA) is 148 Å². The second-order valence-electron chi connectivity index (χ2n) is 3.68. The van der Waals surface area contributed by atoms with E-state index in [0.717, 1.165) is 0 Å². The number of aliphatic hydroxyl groups excluding tert-OH is 4. The van der Waals surface area contributed by atoms with E-state index >= 15 is 0 Å². The van der Waals surface area contributed by atoms with Crippen molar-refractivity contribution in [1.29, 1.82) is 0 Å². The Hall–Kier alpha value is -0.770. The monoisotopic (exact) mass is 238 g/mol. The number of aliphatic hydroxyl groups is 5. The highest BCUT2D eigenvalue weighted by Crippen LogP contribution is 2.29. The van der Waals surface area contributed by atoms with Gasteiger partial charge in [0.15, 0.2) is 0 Å². The van der Waals surface area contributed by atoms with Crippen LogP contribution in [0.2, 0.25) is 0 Å². The molecule has 94 valence electrons. The van der Waals surface area contributed by atoms with Gasteiger partial charge in [-0.1, -0.05) is 0 Å². The second-order valence-corrected chi connectivity index (χ2v) is 3.68. The zero-order valence-corrected chi connectivity index (χ0v) is 8.22. The van der Waals surface area contributed by atoms with E-state index in [0.29, 0.717) is 0 Å². The first-order valence-electron chi connectivity index (χ1n) is 4.60. The average molecular weight is 238 g/mol. The van der Waals surface area contributed by atoms with Crippen molar-refractivity contribution in [3.8, 4) is 0 Å². The first kappa shape index (κ1) is 13.3. The zero-order valence-electron chi connectivity index (χ0n) is 8.22. The van der Waals surface area contributed by atoms with Crippen molar-refractivity contribution in [3.63, 3.8) is 0 Å². The lowest BCUT2D eigenvalue weighted by Gasteiger charge is -2.41. The SMILES string of the molecule is O=C(O)C1(O)C[C@H](O)[C@@H](O)[C@@H]([C@@H](O)CO)O1. The number of ether oxygens (including phenoxy) is 1. The van der Waals surface area contributed by atoms with Crippen molar-refractivity contribution in [1.82, 2.24) is 0 Å². The van der Waals surface area contributed by atoms with Gasteiger partial charge in [0.2, 0.25) is 0 Å². The fourth-order valence-corrected chi connectivity index (χ4v) is 1.51. The van der Waals surface area contributed by atoms with Crippen molar-refractivity contribution < 1.29 is 40.2 Å². The van der Waals surface area contributed by atoms with Crippen LogP contribution in [0.4, 0.5) is 0 Å². The molecule has 0 radical (unpaired) electrons. The lowest BCUT2D eigenvalue weighted by atomic mass is 9.93. The van der Waals surface area contributed by atoms with E-state index in [-0.39, 0.29) is 0 Å². The Kier molecular flexibility index (Phi) is 3.84. The van der Waals surface area contributed by atoms with Crippen LogP contribution in [0.1, 0.15) is 6.42 Å². The van der Waals surface area contributed by atoms with E-state index in [9.17, 15) is 25.2 Å². The number of carbonyl (C=O) groups is 1. The molecule has 0 bridgehead atoms. The second kappa shape index (κ2) is 4.62. The minimum Gasteiger partial charge on any atom is -0.477 e. The predicted molar refractivity (Wildman–Crippen MR) is 47.2 cm³/mol. The molecule has 0 amide bonds. The molecular formula is C8H14O8. The highest BCUT2D eigenvalue weighted by atomic mass is 16.7. The van der Waals surface area contributed by atoms with E-state index in [1.165, 1.54) is 0 Å². The molecule has 0 aromatic heterocycles. The summed E-state index contributed by atoms with van der Waals surface area (Å²) in [4.78, 5) is 10.7. The van der Waals surface area contributed by atoms with Gasteiger partial charge < -0.3 is 35.4 Å². The minimum absolute atomic E-state index is 0.724. The van der Waals surface area contributed by atoms with Crippen LogP contribution in [0.15, 0.2) is 0 Å². The minimum atomic E-state index is -2.68. The van der Waals surface area contributed by atoms with Gasteiger partial charge in [0.25, 0.3) is 5.79 Å². The summed E-state index contributed by atoms with van der Waals surface area (Å²) in [6, 6.07) is 0. The first-order valence-corrected chi connectivity index (χ1v) is 4.60. The van der Waals surface area contributed by atoms with Gasteiger partial charge in [-0.2, -0.15) is 0 Å². The molecule has 8 heteroatoms. The summed E-state index contributed by atoms with van der Waals surface area (Å²) in [6.45, 7) is -0.801. The highest BCUT2D eigenvalue weighted by molar-refractivity contribution is 5.75. The van der Waals surface area contributed by atoms with Gasteiger partial charge in [0, 0.05) is 6.42 Å². The van der Waals surface area contributed by atoms with Gasteiger partial charge in [0.05, 0.1) is 12.7 Å². The van der Waals surface area contributed by atoms with Crippen LogP contribution in [0, 0.1) is 0 Å². The van der Waals surface area contributed by atoms with Crippen molar-refractivity contribution >= 4 is 5.97 Å². The molecule has 1 aliphatic rings. The smallest absolute Gasteiger partial charge is 0.364 e. The zero-order chi connectivity index (χ0) is 12.5. The summed E-state index contributed by atoms with van der Waals surface area (Å²) in [5.74, 6) is -4.42. The molecule has 1 unspecified atom stereocenters. The molecule has 5 atom stereocenters. The van der Waals surface area contributed by atoms with E-state index < -0.39 is 49.2 Å². The molecule has 1 rings (SSSR count). The Bertz CT molecular complexity index is 269. The van der Waals surface area contributed by atoms with Gasteiger partial charge in [-0.15, -0.1) is 0 Å². The summed E-state index contributed by atoms with van der Waals surface area (Å²) in [7, 11) is 0. The van der Waals surface area contributed by atoms with Crippen LogP contribution in [0.25, 0.3) is 0 Å². The van der Waals surface area contributed by atoms with Crippen LogP contribution in [0.5, 0.6) is 0 Å². The first-order chi connectivity index (χ1) is 7.31. The average Bonchev–Trinajstić information content (AvgIpc) is 2.22. The Morgan fingerprint density at radius 3 is 2.50 bits per heavy atom. The molecule has 1 fully saturated rings. The molecule has 0 saturated carbocycles. The van der Waals surface area contributed by atoms with Crippen LogP contribution < -0.4 is 0 Å². The largest absolute Gasteiger partial charge is 0.477 e. The number of carboxylic acids is 1. The van der Waals surface area contributed by atoms with Gasteiger partial charge in [0.1, 0.15) is 18.3 Å². The van der Waals surface area contributed by atoms with Crippen LogP contribution in [0.3, 0.4) is 0 Å². The molecule has 0 aromatic carbocycles. The van der Waals surface area contributed by atoms with Gasteiger partial charge in [-0.3, -0.25) is 0 Å². The third-order valence-corrected chi connectivity index (χ3v) is 2.45. The third-order valence-electron chi connectivity index (χ3n) is 2.45. The maximum absolute atomic E-state index is 10.7. The maximum Gasteiger partial charge on any atom is 0.364 e. The number of aliphatic carboxylic acids is 1. The number of hydrogen-bond donors (Lipinski definition) is 6. The summed E-state index contributed by atoms with van der Waals surface area (Å²) in [5.41, 5.74) is 0. The van der Waals surface area contributed by atoms with E-state index in [1.807, 2.05) is 0 Å². The van der Waals surface area contributed by atoms with E-state index in [1.54, 1.807) is 0 Å². The normalized spacial score (nSPS) is 41.7.